The van der Waals surface area contributed by atoms with E-state index in [1.54, 1.807) is 0 Å². The predicted molar refractivity (Wildman–Crippen MR) is 83.4 cm³/mol. The molecule has 1 unspecified atom stereocenters. The molecule has 0 aliphatic carbocycles. The van der Waals surface area contributed by atoms with Gasteiger partial charge in [-0.15, -0.1) is 0 Å². The van der Waals surface area contributed by atoms with Crippen molar-refractivity contribution in [2.75, 3.05) is 7.05 Å². The van der Waals surface area contributed by atoms with Crippen LogP contribution in [0.5, 0.6) is 0 Å². The number of nitrogens with zero attached hydrogens (tertiary/aromatic N) is 2. The summed E-state index contributed by atoms with van der Waals surface area (Å²) in [6.45, 7) is 6.01. The zero-order valence-corrected chi connectivity index (χ0v) is 12.8. The van der Waals surface area contributed by atoms with E-state index in [9.17, 15) is 0 Å². The Bertz CT molecular complexity index is 792. The Labute approximate surface area is 124 Å². The van der Waals surface area contributed by atoms with Crippen molar-refractivity contribution in [3.05, 3.63) is 58.6 Å². The van der Waals surface area contributed by atoms with Gasteiger partial charge in [-0.05, 0) is 52.1 Å². The highest BCUT2D eigenvalue weighted by Gasteiger charge is 2.20. The molecule has 2 heterocycles. The van der Waals surface area contributed by atoms with Gasteiger partial charge >= 0.3 is 0 Å². The summed E-state index contributed by atoms with van der Waals surface area (Å²) in [5, 5.41) is 12.7. The van der Waals surface area contributed by atoms with Crippen molar-refractivity contribution < 1.29 is 4.42 Å². The lowest BCUT2D eigenvalue weighted by Crippen LogP contribution is -2.19. The van der Waals surface area contributed by atoms with Crippen LogP contribution in [0.3, 0.4) is 0 Å². The van der Waals surface area contributed by atoms with E-state index in [1.807, 2.05) is 27.0 Å². The van der Waals surface area contributed by atoms with Gasteiger partial charge in [0.15, 0.2) is 0 Å². The smallest absolute Gasteiger partial charge is 0.134 e. The Morgan fingerprint density at radius 1 is 1.05 bits per heavy atom. The molecule has 0 saturated carbocycles. The van der Waals surface area contributed by atoms with E-state index >= 15 is 0 Å². The molecule has 4 nitrogen and oxygen atoms in total. The van der Waals surface area contributed by atoms with E-state index in [0.29, 0.717) is 0 Å². The topological polar surface area (TPSA) is 51.0 Å². The summed E-state index contributed by atoms with van der Waals surface area (Å²) in [6.07, 6.45) is 0. The molecule has 0 aliphatic heterocycles. The number of benzene rings is 1. The monoisotopic (exact) mass is 281 g/mol. The van der Waals surface area contributed by atoms with Gasteiger partial charge in [0.25, 0.3) is 0 Å². The standard InChI is InChI=1S/C17H19N3O/c1-10-5-6-15-13(7-10)9-16(21-15)17(18-4)14-8-11(2)19-20-12(14)3/h5-9,17-18H,1-4H3. The number of hydrogen-bond donors (Lipinski definition) is 1. The minimum absolute atomic E-state index is 0.0214. The van der Waals surface area contributed by atoms with Gasteiger partial charge in [-0.2, -0.15) is 10.2 Å². The van der Waals surface area contributed by atoms with E-state index in [-0.39, 0.29) is 6.04 Å². The number of nitrogens with one attached hydrogen (secondary N) is 1. The molecular weight excluding hydrogens is 262 g/mol. The van der Waals surface area contributed by atoms with Crippen molar-refractivity contribution in [2.45, 2.75) is 26.8 Å². The lowest BCUT2D eigenvalue weighted by Gasteiger charge is -2.15. The third-order valence-corrected chi connectivity index (χ3v) is 3.71. The van der Waals surface area contributed by atoms with Crippen LogP contribution in [0.1, 0.15) is 34.3 Å². The number of fused-ring (bicyclic) bond motifs is 1. The molecule has 4 heteroatoms. The van der Waals surface area contributed by atoms with E-state index in [4.69, 9.17) is 4.42 Å². The molecule has 2 aromatic heterocycles. The Balaban J connectivity index is 2.11. The molecule has 0 bridgehead atoms. The normalized spacial score (nSPS) is 12.8. The van der Waals surface area contributed by atoms with Gasteiger partial charge in [-0.3, -0.25) is 0 Å². The molecule has 0 aliphatic rings. The Morgan fingerprint density at radius 2 is 1.86 bits per heavy atom. The fourth-order valence-electron chi connectivity index (χ4n) is 2.64. The fourth-order valence-corrected chi connectivity index (χ4v) is 2.64. The molecule has 108 valence electrons. The first-order chi connectivity index (χ1) is 10.1. The van der Waals surface area contributed by atoms with Crippen LogP contribution in [0.4, 0.5) is 0 Å². The first kappa shape index (κ1) is 13.8. The van der Waals surface area contributed by atoms with Gasteiger partial charge < -0.3 is 9.73 Å². The van der Waals surface area contributed by atoms with Crippen molar-refractivity contribution in [2.24, 2.45) is 0 Å². The van der Waals surface area contributed by atoms with Gasteiger partial charge in [0.1, 0.15) is 11.3 Å². The second-order valence-corrected chi connectivity index (χ2v) is 5.44. The van der Waals surface area contributed by atoms with Crippen LogP contribution in [-0.2, 0) is 0 Å². The molecule has 1 N–H and O–H groups in total. The minimum atomic E-state index is -0.0214. The Kier molecular flexibility index (Phi) is 3.47. The maximum Gasteiger partial charge on any atom is 0.134 e. The fraction of sp³-hybridized carbons (Fsp3) is 0.294. The summed E-state index contributed by atoms with van der Waals surface area (Å²) in [7, 11) is 1.93. The van der Waals surface area contributed by atoms with Gasteiger partial charge in [0, 0.05) is 10.9 Å². The highest BCUT2D eigenvalue weighted by molar-refractivity contribution is 5.79. The molecular formula is C17H19N3O. The first-order valence-electron chi connectivity index (χ1n) is 7.06. The molecule has 3 aromatic rings. The van der Waals surface area contributed by atoms with E-state index in [0.717, 1.165) is 33.7 Å². The average molecular weight is 281 g/mol. The molecule has 21 heavy (non-hydrogen) atoms. The van der Waals surface area contributed by atoms with Crippen molar-refractivity contribution in [3.63, 3.8) is 0 Å². The van der Waals surface area contributed by atoms with Crippen molar-refractivity contribution in [1.82, 2.24) is 15.5 Å². The summed E-state index contributed by atoms with van der Waals surface area (Å²) >= 11 is 0. The van der Waals surface area contributed by atoms with Crippen molar-refractivity contribution >= 4 is 11.0 Å². The van der Waals surface area contributed by atoms with Gasteiger partial charge in [-0.25, -0.2) is 0 Å². The Hall–Kier alpha value is -2.20. The van der Waals surface area contributed by atoms with E-state index in [2.05, 4.69) is 46.7 Å². The third-order valence-electron chi connectivity index (χ3n) is 3.71. The quantitative estimate of drug-likeness (QED) is 0.799. The minimum Gasteiger partial charge on any atom is -0.459 e. The van der Waals surface area contributed by atoms with Gasteiger partial charge in [0.05, 0.1) is 17.4 Å². The number of furan rings is 1. The van der Waals surface area contributed by atoms with Crippen LogP contribution < -0.4 is 5.32 Å². The number of rotatable bonds is 3. The maximum atomic E-state index is 6.01. The largest absolute Gasteiger partial charge is 0.459 e. The molecule has 0 radical (unpaired) electrons. The molecule has 1 atom stereocenters. The number of aromatic nitrogens is 2. The highest BCUT2D eigenvalue weighted by Crippen LogP contribution is 2.29. The molecule has 3 rings (SSSR count). The average Bonchev–Trinajstić information content (AvgIpc) is 2.86. The zero-order chi connectivity index (χ0) is 15.0. The summed E-state index contributed by atoms with van der Waals surface area (Å²) < 4.78 is 6.01. The third kappa shape index (κ3) is 2.54. The van der Waals surface area contributed by atoms with Crippen LogP contribution in [0.25, 0.3) is 11.0 Å². The molecule has 0 fully saturated rings. The van der Waals surface area contributed by atoms with Crippen molar-refractivity contribution in [3.8, 4) is 0 Å². The summed E-state index contributed by atoms with van der Waals surface area (Å²) in [5.74, 6) is 0.897. The van der Waals surface area contributed by atoms with Crippen LogP contribution in [0, 0.1) is 20.8 Å². The van der Waals surface area contributed by atoms with Crippen molar-refractivity contribution in [1.29, 1.82) is 0 Å². The molecule has 1 aromatic carbocycles. The van der Waals surface area contributed by atoms with Gasteiger partial charge in [0.2, 0.25) is 0 Å². The lowest BCUT2D eigenvalue weighted by molar-refractivity contribution is 0.488. The Morgan fingerprint density at radius 3 is 2.62 bits per heavy atom. The first-order valence-corrected chi connectivity index (χ1v) is 7.06. The summed E-state index contributed by atoms with van der Waals surface area (Å²) in [4.78, 5) is 0. The number of aryl methyl sites for hydroxylation is 3. The second-order valence-electron chi connectivity index (χ2n) is 5.44. The van der Waals surface area contributed by atoms with E-state index in [1.165, 1.54) is 5.56 Å². The van der Waals surface area contributed by atoms with Gasteiger partial charge in [-0.1, -0.05) is 11.6 Å². The molecule has 0 saturated heterocycles. The summed E-state index contributed by atoms with van der Waals surface area (Å²) in [6, 6.07) is 10.3. The van der Waals surface area contributed by atoms with Crippen LogP contribution in [0.15, 0.2) is 34.7 Å². The van der Waals surface area contributed by atoms with Crippen LogP contribution in [-0.4, -0.2) is 17.2 Å². The van der Waals surface area contributed by atoms with E-state index < -0.39 is 0 Å². The predicted octanol–water partition coefficient (Wildman–Crippen LogP) is 3.46. The maximum absolute atomic E-state index is 6.01. The van der Waals surface area contributed by atoms with Crippen LogP contribution in [0.2, 0.25) is 0 Å². The molecule has 0 amide bonds. The SMILES string of the molecule is CNC(c1cc2cc(C)ccc2o1)c1cc(C)nnc1C. The highest BCUT2D eigenvalue weighted by atomic mass is 16.3. The lowest BCUT2D eigenvalue weighted by atomic mass is 10.0. The second kappa shape index (κ2) is 5.30. The van der Waals surface area contributed by atoms with Crippen LogP contribution >= 0.6 is 0 Å². The number of hydrogen-bond acceptors (Lipinski definition) is 4. The zero-order valence-electron chi connectivity index (χ0n) is 12.8. The summed E-state index contributed by atoms with van der Waals surface area (Å²) in [5.41, 5.74) is 5.06. The molecule has 0 spiro atoms.